The van der Waals surface area contributed by atoms with Gasteiger partial charge in [0.15, 0.2) is 0 Å². The number of para-hydroxylation sites is 1. The maximum Gasteiger partial charge on any atom is 0.243 e. The Bertz CT molecular complexity index is 1110. The van der Waals surface area contributed by atoms with E-state index in [1.165, 1.54) is 13.8 Å². The number of rotatable bonds is 9. The van der Waals surface area contributed by atoms with Gasteiger partial charge in [-0.1, -0.05) is 48.5 Å². The van der Waals surface area contributed by atoms with E-state index in [2.05, 4.69) is 15.6 Å². The Kier molecular flexibility index (Phi) is 6.95. The molecule has 1 heterocycles. The van der Waals surface area contributed by atoms with Crippen LogP contribution < -0.4 is 22.1 Å². The molecule has 2 aromatic carbocycles. The van der Waals surface area contributed by atoms with Crippen LogP contribution in [0.2, 0.25) is 0 Å². The number of nitrogens with one attached hydrogen (secondary N) is 3. The molecule has 0 radical (unpaired) electrons. The third-order valence-corrected chi connectivity index (χ3v) is 5.42. The highest BCUT2D eigenvalue weighted by atomic mass is 16.2. The van der Waals surface area contributed by atoms with E-state index >= 15 is 0 Å². The molecule has 0 saturated heterocycles. The summed E-state index contributed by atoms with van der Waals surface area (Å²) in [6, 6.07) is 15.3. The third kappa shape index (κ3) is 5.53. The van der Waals surface area contributed by atoms with Crippen molar-refractivity contribution in [3.63, 3.8) is 0 Å². The molecule has 3 rings (SSSR count). The van der Waals surface area contributed by atoms with E-state index < -0.39 is 35.3 Å². The number of primary amides is 1. The molecular formula is C24H29N5O3. The second-order valence-electron chi connectivity index (χ2n) is 8.40. The third-order valence-electron chi connectivity index (χ3n) is 5.42. The normalized spacial score (nSPS) is 13.3. The highest BCUT2D eigenvalue weighted by molar-refractivity contribution is 5.95. The summed E-state index contributed by atoms with van der Waals surface area (Å²) >= 11 is 0. The summed E-state index contributed by atoms with van der Waals surface area (Å²) in [5, 5.41) is 6.34. The van der Waals surface area contributed by atoms with Crippen LogP contribution in [0, 0.1) is 0 Å². The molecule has 8 heteroatoms. The summed E-state index contributed by atoms with van der Waals surface area (Å²) < 4.78 is 0. The predicted octanol–water partition coefficient (Wildman–Crippen LogP) is 1.15. The van der Waals surface area contributed by atoms with E-state index in [-0.39, 0.29) is 6.42 Å². The summed E-state index contributed by atoms with van der Waals surface area (Å²) in [5.74, 6) is -1.64. The highest BCUT2D eigenvalue weighted by Crippen LogP contribution is 2.19. The Morgan fingerprint density at radius 2 is 1.62 bits per heavy atom. The van der Waals surface area contributed by atoms with Gasteiger partial charge in [0.25, 0.3) is 0 Å². The molecule has 0 aliphatic rings. The average Bonchev–Trinajstić information content (AvgIpc) is 3.16. The fourth-order valence-electron chi connectivity index (χ4n) is 3.43. The molecule has 168 valence electrons. The number of fused-ring (bicyclic) bond motifs is 1. The Labute approximate surface area is 186 Å². The number of H-pyrrole nitrogens is 1. The van der Waals surface area contributed by atoms with Crippen molar-refractivity contribution < 1.29 is 14.4 Å². The molecule has 32 heavy (non-hydrogen) atoms. The van der Waals surface area contributed by atoms with Gasteiger partial charge in [-0.15, -0.1) is 0 Å². The van der Waals surface area contributed by atoms with E-state index in [1.54, 1.807) is 6.20 Å². The molecule has 0 unspecified atom stereocenters. The Balaban J connectivity index is 1.80. The van der Waals surface area contributed by atoms with Crippen LogP contribution in [0.15, 0.2) is 60.8 Å². The van der Waals surface area contributed by atoms with Gasteiger partial charge in [0.05, 0.1) is 6.04 Å². The summed E-state index contributed by atoms with van der Waals surface area (Å²) in [6.07, 6.45) is 2.36. The van der Waals surface area contributed by atoms with Crippen LogP contribution in [0.5, 0.6) is 0 Å². The van der Waals surface area contributed by atoms with Crippen LogP contribution in [0.4, 0.5) is 0 Å². The first-order valence-electron chi connectivity index (χ1n) is 10.4. The molecule has 7 N–H and O–H groups in total. The Morgan fingerprint density at radius 3 is 2.31 bits per heavy atom. The van der Waals surface area contributed by atoms with Crippen molar-refractivity contribution in [1.82, 2.24) is 15.6 Å². The second kappa shape index (κ2) is 9.65. The molecule has 0 fully saturated rings. The number of nitrogens with two attached hydrogens (primary N) is 2. The van der Waals surface area contributed by atoms with Gasteiger partial charge in [-0.05, 0) is 37.5 Å². The minimum Gasteiger partial charge on any atom is -0.368 e. The predicted molar refractivity (Wildman–Crippen MR) is 123 cm³/mol. The fourth-order valence-corrected chi connectivity index (χ4v) is 3.43. The minimum atomic E-state index is -1.27. The standard InChI is InChI=1S/C24H29N5O3/c1-24(2,23(26)32)29-22(31)20(13-16-14-27-19-11-7-6-10-17(16)19)28-21(30)18(25)12-15-8-4-3-5-9-15/h3-11,14,18,20,27H,12-13,25H2,1-2H3,(H2,26,32)(H,28,30)(H,29,31)/t18-,20-/m0/s1. The average molecular weight is 436 g/mol. The summed E-state index contributed by atoms with van der Waals surface area (Å²) in [7, 11) is 0. The molecule has 0 aliphatic carbocycles. The van der Waals surface area contributed by atoms with Crippen LogP contribution in [0.25, 0.3) is 10.9 Å². The topological polar surface area (TPSA) is 143 Å². The van der Waals surface area contributed by atoms with Gasteiger partial charge in [-0.3, -0.25) is 14.4 Å². The molecule has 3 aromatic rings. The zero-order valence-electron chi connectivity index (χ0n) is 18.2. The number of aromatic amines is 1. The zero-order chi connectivity index (χ0) is 23.3. The first-order valence-corrected chi connectivity index (χ1v) is 10.4. The summed E-state index contributed by atoms with van der Waals surface area (Å²) in [6.45, 7) is 3.03. The van der Waals surface area contributed by atoms with Crippen molar-refractivity contribution in [2.24, 2.45) is 11.5 Å². The van der Waals surface area contributed by atoms with Crippen LogP contribution in [-0.4, -0.2) is 40.3 Å². The molecule has 8 nitrogen and oxygen atoms in total. The van der Waals surface area contributed by atoms with E-state index in [0.29, 0.717) is 6.42 Å². The number of carbonyl (C=O) groups excluding carboxylic acids is 3. The largest absolute Gasteiger partial charge is 0.368 e. The van der Waals surface area contributed by atoms with Crippen molar-refractivity contribution in [2.75, 3.05) is 0 Å². The Hall–Kier alpha value is -3.65. The van der Waals surface area contributed by atoms with Gasteiger partial charge >= 0.3 is 0 Å². The first kappa shape index (κ1) is 23.0. The molecular weight excluding hydrogens is 406 g/mol. The maximum absolute atomic E-state index is 13.1. The van der Waals surface area contributed by atoms with E-state index in [9.17, 15) is 14.4 Å². The van der Waals surface area contributed by atoms with Crippen LogP contribution in [0.1, 0.15) is 25.0 Å². The summed E-state index contributed by atoms with van der Waals surface area (Å²) in [5.41, 5.74) is 12.9. The van der Waals surface area contributed by atoms with E-state index in [0.717, 1.165) is 22.0 Å². The SMILES string of the molecule is CC(C)(NC(=O)[C@H](Cc1c[nH]c2ccccc12)NC(=O)[C@@H](N)Cc1ccccc1)C(N)=O. The quantitative estimate of drug-likeness (QED) is 0.343. The molecule has 0 bridgehead atoms. The lowest BCUT2D eigenvalue weighted by molar-refractivity contribution is -0.133. The van der Waals surface area contributed by atoms with E-state index in [1.807, 2.05) is 54.6 Å². The number of hydrogen-bond acceptors (Lipinski definition) is 4. The molecule has 0 saturated carbocycles. The lowest BCUT2D eigenvalue weighted by Gasteiger charge is -2.27. The fraction of sp³-hybridized carbons (Fsp3) is 0.292. The molecule has 3 amide bonds. The van der Waals surface area contributed by atoms with Crippen molar-refractivity contribution in [3.8, 4) is 0 Å². The van der Waals surface area contributed by atoms with Gasteiger partial charge < -0.3 is 27.1 Å². The number of carbonyl (C=O) groups is 3. The van der Waals surface area contributed by atoms with Gasteiger partial charge in [-0.25, -0.2) is 0 Å². The van der Waals surface area contributed by atoms with Gasteiger partial charge in [-0.2, -0.15) is 0 Å². The Morgan fingerprint density at radius 1 is 0.969 bits per heavy atom. The van der Waals surface area contributed by atoms with Crippen molar-refractivity contribution in [2.45, 2.75) is 44.3 Å². The van der Waals surface area contributed by atoms with Crippen LogP contribution in [0.3, 0.4) is 0 Å². The number of benzene rings is 2. The lowest BCUT2D eigenvalue weighted by Crippen LogP contribution is -2.60. The van der Waals surface area contributed by atoms with Gasteiger partial charge in [0.1, 0.15) is 11.6 Å². The zero-order valence-corrected chi connectivity index (χ0v) is 18.2. The van der Waals surface area contributed by atoms with Crippen LogP contribution >= 0.6 is 0 Å². The van der Waals surface area contributed by atoms with Gasteiger partial charge in [0, 0.05) is 23.5 Å². The maximum atomic E-state index is 13.1. The van der Waals surface area contributed by atoms with E-state index in [4.69, 9.17) is 11.5 Å². The number of amides is 3. The smallest absolute Gasteiger partial charge is 0.243 e. The molecule has 2 atom stereocenters. The second-order valence-corrected chi connectivity index (χ2v) is 8.40. The highest BCUT2D eigenvalue weighted by Gasteiger charge is 2.32. The lowest BCUT2D eigenvalue weighted by atomic mass is 10.00. The number of hydrogen-bond donors (Lipinski definition) is 5. The monoisotopic (exact) mass is 435 g/mol. The van der Waals surface area contributed by atoms with Gasteiger partial charge in [0.2, 0.25) is 17.7 Å². The summed E-state index contributed by atoms with van der Waals surface area (Å²) in [4.78, 5) is 40.8. The van der Waals surface area contributed by atoms with Crippen molar-refractivity contribution >= 4 is 28.6 Å². The molecule has 0 aliphatic heterocycles. The van der Waals surface area contributed by atoms with Crippen molar-refractivity contribution in [3.05, 3.63) is 71.9 Å². The molecule has 1 aromatic heterocycles. The van der Waals surface area contributed by atoms with Crippen LogP contribution in [-0.2, 0) is 27.2 Å². The molecule has 0 spiro atoms. The number of aromatic nitrogens is 1. The first-order chi connectivity index (χ1) is 15.2. The van der Waals surface area contributed by atoms with Crippen molar-refractivity contribution in [1.29, 1.82) is 0 Å². The minimum absolute atomic E-state index is 0.217.